The van der Waals surface area contributed by atoms with Crippen molar-refractivity contribution < 1.29 is 36.7 Å². The number of carbonyl (C=O) groups is 1. The molecule has 0 aliphatic carbocycles. The van der Waals surface area contributed by atoms with Crippen molar-refractivity contribution in [2.75, 3.05) is 26.9 Å². The first-order valence-electron chi connectivity index (χ1n) is 13.7. The van der Waals surface area contributed by atoms with Crippen LogP contribution >= 0.6 is 0 Å². The number of rotatable bonds is 6. The molecule has 2 aromatic heterocycles. The van der Waals surface area contributed by atoms with Gasteiger partial charge in [-0.15, -0.1) is 0 Å². The van der Waals surface area contributed by atoms with E-state index < -0.39 is 11.9 Å². The van der Waals surface area contributed by atoms with E-state index in [1.165, 1.54) is 10.9 Å². The normalized spacial score (nSPS) is 16.8. The Balaban J connectivity index is 1.50. The smallest absolute Gasteiger partial charge is 0.435 e. The van der Waals surface area contributed by atoms with Crippen LogP contribution in [0.4, 0.5) is 13.2 Å². The fraction of sp³-hybridized carbons (Fsp3) is 0.367. The first-order valence-corrected chi connectivity index (χ1v) is 13.7. The van der Waals surface area contributed by atoms with Crippen LogP contribution in [-0.2, 0) is 26.3 Å². The highest BCUT2D eigenvalue weighted by molar-refractivity contribution is 6.00. The molecule has 0 saturated carbocycles. The van der Waals surface area contributed by atoms with Crippen molar-refractivity contribution in [1.29, 1.82) is 0 Å². The van der Waals surface area contributed by atoms with Gasteiger partial charge in [-0.1, -0.05) is 0 Å². The van der Waals surface area contributed by atoms with Gasteiger partial charge >= 0.3 is 6.18 Å². The number of hydrogen-bond donors (Lipinski definition) is 0. The molecule has 0 radical (unpaired) electrons. The van der Waals surface area contributed by atoms with Crippen LogP contribution < -0.4 is 18.8 Å². The summed E-state index contributed by atoms with van der Waals surface area (Å²) in [6.45, 7) is 3.09. The number of aromatic nitrogens is 4. The van der Waals surface area contributed by atoms with Crippen molar-refractivity contribution in [3.05, 3.63) is 77.6 Å². The van der Waals surface area contributed by atoms with Gasteiger partial charge in [0.25, 0.3) is 5.91 Å². The van der Waals surface area contributed by atoms with Gasteiger partial charge in [0.15, 0.2) is 5.69 Å². The number of benzene rings is 2. The van der Waals surface area contributed by atoms with Crippen molar-refractivity contribution in [3.63, 3.8) is 0 Å². The van der Waals surface area contributed by atoms with Crippen LogP contribution in [0.2, 0.25) is 0 Å². The zero-order chi connectivity index (χ0) is 29.6. The first-order chi connectivity index (χ1) is 20.2. The lowest BCUT2D eigenvalue weighted by Crippen LogP contribution is -2.38. The quantitative estimate of drug-likeness (QED) is 0.310. The third-order valence-corrected chi connectivity index (χ3v) is 7.65. The molecule has 2 aliphatic heterocycles. The van der Waals surface area contributed by atoms with Gasteiger partial charge in [-0.2, -0.15) is 18.3 Å². The summed E-state index contributed by atoms with van der Waals surface area (Å²) < 4.78 is 65.1. The summed E-state index contributed by atoms with van der Waals surface area (Å²) >= 11 is 0. The van der Waals surface area contributed by atoms with Crippen LogP contribution in [0.1, 0.15) is 46.6 Å². The van der Waals surface area contributed by atoms with E-state index in [1.54, 1.807) is 37.1 Å². The van der Waals surface area contributed by atoms with E-state index in [1.807, 2.05) is 47.0 Å². The van der Waals surface area contributed by atoms with E-state index >= 15 is 0 Å². The Bertz CT molecular complexity index is 1640. The second-order valence-electron chi connectivity index (χ2n) is 10.4. The minimum atomic E-state index is -4.70. The summed E-state index contributed by atoms with van der Waals surface area (Å²) in [6.07, 6.45) is 2.81. The summed E-state index contributed by atoms with van der Waals surface area (Å²) in [5, 5.41) is 3.82. The summed E-state index contributed by atoms with van der Waals surface area (Å²) in [5.74, 6) is 1.12. The number of ether oxygens (including phenoxy) is 3. The zero-order valence-electron chi connectivity index (χ0n) is 23.5. The molecule has 9 nitrogen and oxygen atoms in total. The topological polar surface area (TPSA) is 74.6 Å². The summed E-state index contributed by atoms with van der Waals surface area (Å²) in [4.78, 5) is 16.1. The lowest BCUT2D eigenvalue weighted by molar-refractivity contribution is -0.671. The Morgan fingerprint density at radius 1 is 1.12 bits per heavy atom. The molecule has 42 heavy (non-hydrogen) atoms. The number of aryl methyl sites for hydroxylation is 2. The summed E-state index contributed by atoms with van der Waals surface area (Å²) in [5.41, 5.74) is 0.740. The number of fused-ring (bicyclic) bond motifs is 2. The van der Waals surface area contributed by atoms with Crippen LogP contribution in [0.3, 0.4) is 0 Å². The predicted octanol–water partition coefficient (Wildman–Crippen LogP) is 4.63. The molecule has 0 saturated heterocycles. The molecule has 0 N–H and O–H groups in total. The Labute approximate surface area is 240 Å². The van der Waals surface area contributed by atoms with E-state index in [2.05, 4.69) is 5.10 Å². The van der Waals surface area contributed by atoms with Crippen LogP contribution in [0.25, 0.3) is 11.1 Å². The lowest BCUT2D eigenvalue weighted by atomic mass is 9.95. The number of halogens is 3. The van der Waals surface area contributed by atoms with E-state index in [4.69, 9.17) is 14.2 Å². The standard InChI is InChI=1S/C30H31F3N5O4/c1-4-37-17-24(28(34-37)30(31,32)33)21-13-19(16-36-9-8-35(2)18-36)14-23-27(21)42-12-10-38(29(23)39)25-7-11-41-26-6-5-20(40-3)15-22(25)26/h5-6,8-9,13-15,17-18,25H,4,7,10-12,16H2,1-3H3/q+1/t25-/m0/s1. The highest BCUT2D eigenvalue weighted by atomic mass is 19.4. The maximum atomic E-state index is 14.4. The second kappa shape index (κ2) is 10.7. The Kier molecular flexibility index (Phi) is 7.07. The molecule has 0 fully saturated rings. The van der Waals surface area contributed by atoms with Gasteiger partial charge < -0.3 is 19.1 Å². The number of imidazole rings is 1. The Morgan fingerprint density at radius 2 is 1.93 bits per heavy atom. The van der Waals surface area contributed by atoms with Crippen molar-refractivity contribution >= 4 is 5.91 Å². The van der Waals surface area contributed by atoms with Gasteiger partial charge in [0.2, 0.25) is 6.33 Å². The number of methoxy groups -OCH3 is 1. The highest BCUT2D eigenvalue weighted by Crippen LogP contribution is 2.45. The molecule has 4 heterocycles. The van der Waals surface area contributed by atoms with Crippen molar-refractivity contribution in [2.45, 2.75) is 38.7 Å². The predicted molar refractivity (Wildman–Crippen MR) is 145 cm³/mol. The molecule has 4 aromatic rings. The average molecular weight is 583 g/mol. The SMILES string of the molecule is CCn1cc(-c2cc(Cn3cc[n+](C)c3)cc3c2OCCN([C@H]2CCOc4ccc(OC)cc42)C3=O)c(C(F)(F)F)n1. The van der Waals surface area contributed by atoms with Crippen molar-refractivity contribution in [3.8, 4) is 28.4 Å². The molecular weight excluding hydrogens is 551 g/mol. The molecular formula is C30H31F3N5O4+. The Morgan fingerprint density at radius 3 is 2.64 bits per heavy atom. The van der Waals surface area contributed by atoms with E-state index in [0.717, 1.165) is 5.56 Å². The van der Waals surface area contributed by atoms with Gasteiger partial charge in [0, 0.05) is 35.9 Å². The molecule has 1 amide bonds. The van der Waals surface area contributed by atoms with E-state index in [0.29, 0.717) is 36.6 Å². The minimum absolute atomic E-state index is 0.110. The van der Waals surface area contributed by atoms with Crippen LogP contribution in [0.5, 0.6) is 17.2 Å². The lowest BCUT2D eigenvalue weighted by Gasteiger charge is -2.35. The van der Waals surface area contributed by atoms with Crippen LogP contribution in [0.15, 0.2) is 55.2 Å². The monoisotopic (exact) mass is 582 g/mol. The largest absolute Gasteiger partial charge is 0.497 e. The van der Waals surface area contributed by atoms with E-state index in [9.17, 15) is 18.0 Å². The van der Waals surface area contributed by atoms with Crippen molar-refractivity contribution in [2.24, 2.45) is 7.05 Å². The van der Waals surface area contributed by atoms with Crippen LogP contribution in [0, 0.1) is 0 Å². The van der Waals surface area contributed by atoms with Gasteiger partial charge in [0.1, 0.15) is 42.8 Å². The third kappa shape index (κ3) is 5.05. The fourth-order valence-corrected chi connectivity index (χ4v) is 5.70. The minimum Gasteiger partial charge on any atom is -0.497 e. The van der Waals surface area contributed by atoms with Gasteiger partial charge in [-0.05, 0) is 42.8 Å². The fourth-order valence-electron chi connectivity index (χ4n) is 5.70. The molecule has 1 atom stereocenters. The number of carbonyl (C=O) groups excluding carboxylic acids is 1. The molecule has 2 aromatic carbocycles. The summed E-state index contributed by atoms with van der Waals surface area (Å²) in [7, 11) is 3.45. The first kappa shape index (κ1) is 27.7. The summed E-state index contributed by atoms with van der Waals surface area (Å²) in [6, 6.07) is 8.56. The number of hydrogen-bond acceptors (Lipinski definition) is 5. The van der Waals surface area contributed by atoms with Crippen LogP contribution in [-0.4, -0.2) is 52.0 Å². The van der Waals surface area contributed by atoms with Crippen molar-refractivity contribution in [1.82, 2.24) is 19.2 Å². The maximum Gasteiger partial charge on any atom is 0.435 e. The number of nitrogens with zero attached hydrogens (tertiary/aromatic N) is 5. The molecule has 0 spiro atoms. The Hall–Kier alpha value is -4.48. The second-order valence-corrected chi connectivity index (χ2v) is 10.4. The molecule has 6 rings (SSSR count). The molecule has 0 unspecified atom stereocenters. The molecule has 0 bridgehead atoms. The average Bonchev–Trinajstić information content (AvgIpc) is 3.56. The molecule has 2 aliphatic rings. The number of amides is 1. The van der Waals surface area contributed by atoms with E-state index in [-0.39, 0.29) is 54.1 Å². The number of alkyl halides is 3. The van der Waals surface area contributed by atoms with Gasteiger partial charge in [-0.3, -0.25) is 9.48 Å². The zero-order valence-corrected chi connectivity index (χ0v) is 23.5. The van der Waals surface area contributed by atoms with Gasteiger partial charge in [0.05, 0.1) is 38.9 Å². The maximum absolute atomic E-state index is 14.4. The highest BCUT2D eigenvalue weighted by Gasteiger charge is 2.40. The third-order valence-electron chi connectivity index (χ3n) is 7.65. The molecule has 12 heteroatoms. The van der Waals surface area contributed by atoms with Gasteiger partial charge in [-0.25, -0.2) is 9.13 Å². The molecule has 220 valence electrons.